The Bertz CT molecular complexity index is 1580. The number of ether oxygens (including phenoxy) is 2. The second kappa shape index (κ2) is 16.1. The van der Waals surface area contributed by atoms with Gasteiger partial charge in [0.1, 0.15) is 5.75 Å². The Morgan fingerprint density at radius 1 is 1.04 bits per heavy atom. The third-order valence-electron chi connectivity index (χ3n) is 7.34. The summed E-state index contributed by atoms with van der Waals surface area (Å²) in [6.45, 7) is 1.65. The van der Waals surface area contributed by atoms with E-state index in [1.807, 2.05) is 49.3 Å². The van der Waals surface area contributed by atoms with Crippen LogP contribution in [0.5, 0.6) is 5.75 Å². The van der Waals surface area contributed by atoms with Crippen LogP contribution in [-0.4, -0.2) is 67.7 Å². The number of carbonyl (C=O) groups excluding carboxylic acids is 1. The lowest BCUT2D eigenvalue weighted by molar-refractivity contribution is -0.128. The van der Waals surface area contributed by atoms with Crippen molar-refractivity contribution in [3.8, 4) is 5.75 Å². The van der Waals surface area contributed by atoms with Crippen LogP contribution in [0.25, 0.3) is 20.9 Å². The summed E-state index contributed by atoms with van der Waals surface area (Å²) in [4.78, 5) is 27.4. The predicted octanol–water partition coefficient (Wildman–Crippen LogP) is 5.77. The van der Waals surface area contributed by atoms with Crippen molar-refractivity contribution < 1.29 is 19.4 Å². The number of hydrogen-bond acceptors (Lipinski definition) is 8. The van der Waals surface area contributed by atoms with Crippen LogP contribution >= 0.6 is 0 Å². The van der Waals surface area contributed by atoms with Gasteiger partial charge in [-0.1, -0.05) is 58.8 Å². The third kappa shape index (κ3) is 8.31. The highest BCUT2D eigenvalue weighted by atomic mass is 16.5. The number of aliphatic hydroxyl groups is 1. The summed E-state index contributed by atoms with van der Waals surface area (Å²) in [5.74, 6) is 0.528. The molecule has 0 saturated carbocycles. The van der Waals surface area contributed by atoms with Crippen LogP contribution in [-0.2, 0) is 22.5 Å². The van der Waals surface area contributed by atoms with Gasteiger partial charge in [-0.3, -0.25) is 4.79 Å². The molecule has 0 unspecified atom stereocenters. The molecule has 0 saturated heterocycles. The minimum atomic E-state index is -1.52. The van der Waals surface area contributed by atoms with Gasteiger partial charge in [0.15, 0.2) is 11.6 Å². The van der Waals surface area contributed by atoms with Gasteiger partial charge in [0.25, 0.3) is 5.91 Å². The molecule has 1 amide bonds. The Hall–Kier alpha value is -5.06. The van der Waals surface area contributed by atoms with Gasteiger partial charge in [0.05, 0.1) is 13.2 Å². The summed E-state index contributed by atoms with van der Waals surface area (Å²) in [7, 11) is 3.94. The minimum Gasteiger partial charge on any atom is -0.494 e. The molecule has 0 radical (unpaired) electrons. The van der Waals surface area contributed by atoms with E-state index in [0.29, 0.717) is 53.3 Å². The summed E-state index contributed by atoms with van der Waals surface area (Å²) in [5.41, 5.74) is 19.8. The summed E-state index contributed by atoms with van der Waals surface area (Å²) in [6.07, 6.45) is 0.384. The second-order valence-electron chi connectivity index (χ2n) is 10.8. The molecule has 1 aliphatic heterocycles. The van der Waals surface area contributed by atoms with Gasteiger partial charge in [0.2, 0.25) is 5.90 Å². The zero-order valence-corrected chi connectivity index (χ0v) is 25.4. The summed E-state index contributed by atoms with van der Waals surface area (Å²) in [5, 5.41) is 19.8. The molecule has 2 N–H and O–H groups in total. The smallest absolute Gasteiger partial charge is 0.252 e. The first-order chi connectivity index (χ1) is 21.9. The lowest BCUT2D eigenvalue weighted by Gasteiger charge is -2.32. The van der Waals surface area contributed by atoms with Crippen molar-refractivity contribution in [2.45, 2.75) is 37.5 Å². The Kier molecular flexibility index (Phi) is 11.8. The van der Waals surface area contributed by atoms with Gasteiger partial charge < -0.3 is 24.8 Å². The monoisotopic (exact) mass is 611 g/mol. The van der Waals surface area contributed by atoms with Crippen molar-refractivity contribution in [3.05, 3.63) is 116 Å². The number of carbonyl (C=O) groups is 1. The van der Waals surface area contributed by atoms with Crippen LogP contribution in [0.15, 0.2) is 88.0 Å². The summed E-state index contributed by atoms with van der Waals surface area (Å²) >= 11 is 0. The lowest BCUT2D eigenvalue weighted by atomic mass is 9.80. The normalized spacial score (nSPS) is 17.1. The first-order valence-corrected chi connectivity index (χ1v) is 14.7. The zero-order chi connectivity index (χ0) is 32.1. The number of amides is 1. The average Bonchev–Trinajstić information content (AvgIpc) is 3.43. The fourth-order valence-corrected chi connectivity index (χ4v) is 5.15. The fraction of sp³-hybridized carbons (Fsp3) is 0.375. The van der Waals surface area contributed by atoms with Crippen molar-refractivity contribution in [3.63, 3.8) is 0 Å². The fourth-order valence-electron chi connectivity index (χ4n) is 5.15. The van der Waals surface area contributed by atoms with Gasteiger partial charge >= 0.3 is 0 Å². The molecule has 0 bridgehead atoms. The molecule has 234 valence electrons. The van der Waals surface area contributed by atoms with Gasteiger partial charge in [-0.2, -0.15) is 0 Å². The van der Waals surface area contributed by atoms with E-state index < -0.39 is 11.6 Å². The Labute approximate surface area is 261 Å². The number of aliphatic hydroxyl groups excluding tert-OH is 1. The Balaban J connectivity index is 1.85. The predicted molar refractivity (Wildman–Crippen MR) is 171 cm³/mol. The van der Waals surface area contributed by atoms with Crippen molar-refractivity contribution in [1.82, 2.24) is 10.2 Å². The van der Waals surface area contributed by atoms with Crippen molar-refractivity contribution >= 4 is 17.5 Å². The van der Waals surface area contributed by atoms with Crippen molar-refractivity contribution in [2.75, 3.05) is 40.4 Å². The van der Waals surface area contributed by atoms with Crippen LogP contribution in [0.2, 0.25) is 0 Å². The summed E-state index contributed by atoms with van der Waals surface area (Å²) in [6, 6.07) is 21.6. The number of rotatable bonds is 16. The van der Waals surface area contributed by atoms with Crippen LogP contribution in [0.4, 0.5) is 5.69 Å². The third-order valence-corrected chi connectivity index (χ3v) is 7.34. The molecule has 3 aromatic carbocycles. The van der Waals surface area contributed by atoms with Gasteiger partial charge in [-0.25, -0.2) is 4.99 Å². The van der Waals surface area contributed by atoms with E-state index >= 15 is 0 Å². The average molecular weight is 612 g/mol. The van der Waals surface area contributed by atoms with Gasteiger partial charge in [-0.15, -0.1) is 0 Å². The molecule has 2 atom stereocenters. The first kappa shape index (κ1) is 32.8. The second-order valence-corrected chi connectivity index (χ2v) is 10.8. The topological polar surface area (TPSA) is 181 Å². The molecule has 13 nitrogen and oxygen atoms in total. The van der Waals surface area contributed by atoms with Crippen molar-refractivity contribution in [2.24, 2.45) is 15.2 Å². The van der Waals surface area contributed by atoms with Gasteiger partial charge in [0, 0.05) is 47.1 Å². The Morgan fingerprint density at radius 3 is 2.49 bits per heavy atom. The molecular formula is C32H37N9O4. The maximum atomic E-state index is 14.4. The van der Waals surface area contributed by atoms with Crippen LogP contribution in [0, 0.1) is 0 Å². The maximum absolute atomic E-state index is 14.4. The largest absolute Gasteiger partial charge is 0.494 e. The molecule has 0 spiro atoms. The zero-order valence-electron chi connectivity index (χ0n) is 25.4. The molecule has 4 rings (SSSR count). The molecule has 13 heteroatoms. The molecule has 1 aliphatic rings. The van der Waals surface area contributed by atoms with E-state index in [0.717, 1.165) is 13.0 Å². The van der Waals surface area contributed by atoms with E-state index in [1.54, 1.807) is 42.5 Å². The Morgan fingerprint density at radius 2 is 1.78 bits per heavy atom. The first-order valence-electron chi connectivity index (χ1n) is 14.7. The van der Waals surface area contributed by atoms with Gasteiger partial charge in [-0.05, 0) is 79.1 Å². The van der Waals surface area contributed by atoms with E-state index in [1.165, 1.54) is 0 Å². The van der Waals surface area contributed by atoms with Crippen LogP contribution in [0.3, 0.4) is 0 Å². The molecule has 0 fully saturated rings. The molecular weight excluding hydrogens is 574 g/mol. The molecule has 45 heavy (non-hydrogen) atoms. The number of azide groups is 2. The lowest BCUT2D eigenvalue weighted by Crippen LogP contribution is -2.50. The van der Waals surface area contributed by atoms with Crippen molar-refractivity contribution in [1.29, 1.82) is 0 Å². The number of benzene rings is 3. The minimum absolute atomic E-state index is 0.0351. The maximum Gasteiger partial charge on any atom is 0.252 e. The van der Waals surface area contributed by atoms with E-state index in [2.05, 4.69) is 25.4 Å². The quantitative estimate of drug-likeness (QED) is 0.0901. The van der Waals surface area contributed by atoms with Crippen LogP contribution < -0.4 is 10.1 Å². The van der Waals surface area contributed by atoms with Crippen LogP contribution in [0.1, 0.15) is 41.2 Å². The summed E-state index contributed by atoms with van der Waals surface area (Å²) < 4.78 is 12.3. The highest BCUT2D eigenvalue weighted by Crippen LogP contribution is 2.44. The number of hydrogen-bond donors (Lipinski definition) is 2. The number of nitrogens with zero attached hydrogens (tertiary/aromatic N) is 8. The highest BCUT2D eigenvalue weighted by molar-refractivity contribution is 6.01. The SMILES string of the molecule is CN(C)CCCNC(=O)[C@]1(Cc2ccccc2N=[N+]=[N-])N=C(c2ccc(OCCCO)cc2)O[C@@H]1c1ccccc1CN=[N+]=[N-]. The standard InChI is InChI=1S/C32H37N9O4/c1-41(2)18-7-17-35-31(43)32(21-24-9-4-6-12-28(24)38-40-34)29(27-11-5-3-10-25(27)22-36-39-33)45-30(37-32)23-13-15-26(16-14-23)44-20-8-19-42/h3-6,9-16,29,42H,7-8,17-22H2,1-2H3,(H,35,43)/t29-,32-/m1/s1. The van der Waals surface area contributed by atoms with E-state index in [4.69, 9.17) is 25.1 Å². The number of nitrogens with one attached hydrogen (secondary N) is 1. The molecule has 3 aromatic rings. The molecule has 0 aliphatic carbocycles. The van der Waals surface area contributed by atoms with E-state index in [9.17, 15) is 10.3 Å². The highest BCUT2D eigenvalue weighted by Gasteiger charge is 2.54. The number of aliphatic imine (C=N–C) groups is 1. The van der Waals surface area contributed by atoms with E-state index in [-0.39, 0.29) is 31.4 Å². The molecule has 0 aromatic heterocycles. The molecule has 1 heterocycles.